The van der Waals surface area contributed by atoms with Crippen molar-refractivity contribution < 1.29 is 4.74 Å². The third kappa shape index (κ3) is 1.78. The number of fused-ring (bicyclic) bond motifs is 1. The molecule has 17 heavy (non-hydrogen) atoms. The molecule has 1 fully saturated rings. The SMILES string of the molecule is Nc1nc(N)c2c(n1)O[C@]1(CCCNCC1)C2. The van der Waals surface area contributed by atoms with Gasteiger partial charge in [0, 0.05) is 6.42 Å². The van der Waals surface area contributed by atoms with Crippen LogP contribution in [0, 0.1) is 0 Å². The van der Waals surface area contributed by atoms with Crippen molar-refractivity contribution in [3.8, 4) is 5.88 Å². The van der Waals surface area contributed by atoms with Gasteiger partial charge in [0.25, 0.3) is 0 Å². The van der Waals surface area contributed by atoms with Crippen LogP contribution in [0.4, 0.5) is 11.8 Å². The standard InChI is InChI=1S/C11H17N5O/c12-8-7-6-11(2-1-4-14-5-3-11)17-9(7)16-10(13)15-8/h14H,1-6H2,(H4,12,13,15,16)/t11-/m0/s1. The highest BCUT2D eigenvalue weighted by molar-refractivity contribution is 5.52. The maximum absolute atomic E-state index is 6.03. The van der Waals surface area contributed by atoms with E-state index in [4.69, 9.17) is 16.2 Å². The lowest BCUT2D eigenvalue weighted by Gasteiger charge is -2.26. The van der Waals surface area contributed by atoms with Crippen LogP contribution in [0.1, 0.15) is 24.8 Å². The van der Waals surface area contributed by atoms with Gasteiger partial charge in [0.15, 0.2) is 0 Å². The molecule has 6 heteroatoms. The number of nitrogens with zero attached hydrogens (tertiary/aromatic N) is 2. The summed E-state index contributed by atoms with van der Waals surface area (Å²) in [5.41, 5.74) is 12.2. The topological polar surface area (TPSA) is 99.1 Å². The minimum Gasteiger partial charge on any atom is -0.470 e. The van der Waals surface area contributed by atoms with Crippen LogP contribution < -0.4 is 21.5 Å². The summed E-state index contributed by atoms with van der Waals surface area (Å²) >= 11 is 0. The number of nitrogens with two attached hydrogens (primary N) is 2. The first-order valence-electron chi connectivity index (χ1n) is 6.00. The third-order valence-corrected chi connectivity index (χ3v) is 3.57. The van der Waals surface area contributed by atoms with E-state index in [2.05, 4.69) is 15.3 Å². The molecule has 0 aromatic carbocycles. The van der Waals surface area contributed by atoms with Crippen LogP contribution in [0.25, 0.3) is 0 Å². The zero-order valence-electron chi connectivity index (χ0n) is 9.70. The molecule has 0 bridgehead atoms. The average molecular weight is 235 g/mol. The van der Waals surface area contributed by atoms with Crippen molar-refractivity contribution in [1.82, 2.24) is 15.3 Å². The molecule has 1 spiro atoms. The van der Waals surface area contributed by atoms with Crippen molar-refractivity contribution >= 4 is 11.8 Å². The molecule has 0 amide bonds. The number of ether oxygens (including phenoxy) is 1. The highest BCUT2D eigenvalue weighted by Crippen LogP contribution is 2.41. The Labute approximate surface area is 99.8 Å². The van der Waals surface area contributed by atoms with Gasteiger partial charge in [-0.2, -0.15) is 9.97 Å². The average Bonchev–Trinajstić information content (AvgIpc) is 2.47. The molecule has 1 aromatic heterocycles. The van der Waals surface area contributed by atoms with E-state index in [1.54, 1.807) is 0 Å². The van der Waals surface area contributed by atoms with Gasteiger partial charge in [-0.3, -0.25) is 0 Å². The van der Waals surface area contributed by atoms with Gasteiger partial charge in [-0.1, -0.05) is 0 Å². The Morgan fingerprint density at radius 2 is 2.06 bits per heavy atom. The van der Waals surface area contributed by atoms with E-state index < -0.39 is 0 Å². The van der Waals surface area contributed by atoms with Crippen LogP contribution in [0.3, 0.4) is 0 Å². The fourth-order valence-electron chi connectivity index (χ4n) is 2.69. The fraction of sp³-hybridized carbons (Fsp3) is 0.636. The van der Waals surface area contributed by atoms with Gasteiger partial charge in [0.1, 0.15) is 11.4 Å². The molecule has 92 valence electrons. The van der Waals surface area contributed by atoms with Crippen LogP contribution in [0.15, 0.2) is 0 Å². The second kappa shape index (κ2) is 3.73. The highest BCUT2D eigenvalue weighted by atomic mass is 16.5. The molecule has 1 aromatic rings. The van der Waals surface area contributed by atoms with Crippen LogP contribution in [0.2, 0.25) is 0 Å². The van der Waals surface area contributed by atoms with Crippen molar-refractivity contribution in [2.45, 2.75) is 31.3 Å². The maximum atomic E-state index is 6.03. The first-order valence-corrected chi connectivity index (χ1v) is 6.00. The van der Waals surface area contributed by atoms with E-state index in [0.717, 1.165) is 44.3 Å². The molecule has 0 radical (unpaired) electrons. The summed E-state index contributed by atoms with van der Waals surface area (Å²) in [6.45, 7) is 2.02. The van der Waals surface area contributed by atoms with Gasteiger partial charge in [-0.05, 0) is 32.4 Å². The predicted molar refractivity (Wildman–Crippen MR) is 64.6 cm³/mol. The molecule has 1 saturated heterocycles. The van der Waals surface area contributed by atoms with Gasteiger partial charge in [0.2, 0.25) is 11.8 Å². The molecular weight excluding hydrogens is 218 g/mol. The quantitative estimate of drug-likeness (QED) is 0.589. The minimum atomic E-state index is -0.150. The molecule has 0 saturated carbocycles. The third-order valence-electron chi connectivity index (χ3n) is 3.57. The molecule has 0 aliphatic carbocycles. The summed E-state index contributed by atoms with van der Waals surface area (Å²) in [7, 11) is 0. The van der Waals surface area contributed by atoms with Crippen molar-refractivity contribution in [2.24, 2.45) is 0 Å². The lowest BCUT2D eigenvalue weighted by atomic mass is 9.90. The molecule has 2 aliphatic rings. The second-order valence-corrected chi connectivity index (χ2v) is 4.82. The molecule has 3 rings (SSSR count). The maximum Gasteiger partial charge on any atom is 0.225 e. The predicted octanol–water partition coefficient (Wildman–Crippen LogP) is 0.0882. The Morgan fingerprint density at radius 1 is 1.18 bits per heavy atom. The summed E-state index contributed by atoms with van der Waals surface area (Å²) in [5.74, 6) is 1.23. The number of nitrogen functional groups attached to an aromatic ring is 2. The van der Waals surface area contributed by atoms with E-state index in [1.165, 1.54) is 0 Å². The van der Waals surface area contributed by atoms with Crippen LogP contribution in [-0.2, 0) is 6.42 Å². The summed E-state index contributed by atoms with van der Waals surface area (Å²) in [6, 6.07) is 0. The lowest BCUT2D eigenvalue weighted by Crippen LogP contribution is -2.35. The first kappa shape index (κ1) is 10.6. The van der Waals surface area contributed by atoms with E-state index in [9.17, 15) is 0 Å². The number of anilines is 2. The Morgan fingerprint density at radius 3 is 2.94 bits per heavy atom. The van der Waals surface area contributed by atoms with Crippen molar-refractivity contribution in [3.63, 3.8) is 0 Å². The molecule has 5 N–H and O–H groups in total. The number of rotatable bonds is 0. The smallest absolute Gasteiger partial charge is 0.225 e. The summed E-state index contributed by atoms with van der Waals surface area (Å²) in [4.78, 5) is 8.13. The Hall–Kier alpha value is -1.56. The number of nitrogens with one attached hydrogen (secondary N) is 1. The molecule has 0 unspecified atom stereocenters. The van der Waals surface area contributed by atoms with Gasteiger partial charge in [-0.25, -0.2) is 0 Å². The molecule has 3 heterocycles. The van der Waals surface area contributed by atoms with Crippen molar-refractivity contribution in [3.05, 3.63) is 5.56 Å². The normalized spacial score (nSPS) is 27.5. The van der Waals surface area contributed by atoms with Gasteiger partial charge < -0.3 is 21.5 Å². The minimum absolute atomic E-state index is 0.150. The number of hydrogen-bond donors (Lipinski definition) is 3. The van der Waals surface area contributed by atoms with Crippen molar-refractivity contribution in [1.29, 1.82) is 0 Å². The van der Waals surface area contributed by atoms with Crippen LogP contribution >= 0.6 is 0 Å². The summed E-state index contributed by atoms with van der Waals surface area (Å²) in [5, 5.41) is 3.38. The van der Waals surface area contributed by atoms with Gasteiger partial charge >= 0.3 is 0 Å². The van der Waals surface area contributed by atoms with Gasteiger partial charge in [-0.15, -0.1) is 0 Å². The Bertz CT molecular complexity index is 440. The zero-order valence-corrected chi connectivity index (χ0v) is 9.70. The Kier molecular flexibility index (Phi) is 2.32. The molecule has 2 aliphatic heterocycles. The van der Waals surface area contributed by atoms with Crippen molar-refractivity contribution in [2.75, 3.05) is 24.6 Å². The zero-order chi connectivity index (χ0) is 11.9. The fourth-order valence-corrected chi connectivity index (χ4v) is 2.69. The van der Waals surface area contributed by atoms with E-state index in [0.29, 0.717) is 11.7 Å². The monoisotopic (exact) mass is 235 g/mol. The van der Waals surface area contributed by atoms with Crippen LogP contribution in [0.5, 0.6) is 5.88 Å². The van der Waals surface area contributed by atoms with E-state index in [1.807, 2.05) is 0 Å². The second-order valence-electron chi connectivity index (χ2n) is 4.82. The summed E-state index contributed by atoms with van der Waals surface area (Å²) in [6.07, 6.45) is 3.91. The Balaban J connectivity index is 1.93. The lowest BCUT2D eigenvalue weighted by molar-refractivity contribution is 0.0768. The molecular formula is C11H17N5O. The van der Waals surface area contributed by atoms with Gasteiger partial charge in [0.05, 0.1) is 5.56 Å². The molecule has 6 nitrogen and oxygen atoms in total. The van der Waals surface area contributed by atoms with E-state index >= 15 is 0 Å². The number of aromatic nitrogens is 2. The molecule has 1 atom stereocenters. The highest BCUT2D eigenvalue weighted by Gasteiger charge is 2.41. The number of hydrogen-bond acceptors (Lipinski definition) is 6. The largest absolute Gasteiger partial charge is 0.470 e. The summed E-state index contributed by atoms with van der Waals surface area (Å²) < 4.78 is 6.03. The van der Waals surface area contributed by atoms with E-state index in [-0.39, 0.29) is 11.5 Å². The first-order chi connectivity index (χ1) is 8.19. The van der Waals surface area contributed by atoms with Crippen LogP contribution in [-0.4, -0.2) is 28.7 Å².